The number of pyridine rings is 1. The molecule has 1 fully saturated rings. The highest BCUT2D eigenvalue weighted by atomic mass is 16.5. The summed E-state index contributed by atoms with van der Waals surface area (Å²) >= 11 is 0. The van der Waals surface area contributed by atoms with E-state index in [1.807, 2.05) is 23.6 Å². The van der Waals surface area contributed by atoms with E-state index in [0.29, 0.717) is 44.0 Å². The van der Waals surface area contributed by atoms with Gasteiger partial charge in [0.25, 0.3) is 5.91 Å². The molecule has 1 aromatic heterocycles. The summed E-state index contributed by atoms with van der Waals surface area (Å²) in [6, 6.07) is 3.36. The smallest absolute Gasteiger partial charge is 0.252 e. The van der Waals surface area contributed by atoms with Gasteiger partial charge < -0.3 is 20.3 Å². The van der Waals surface area contributed by atoms with Crippen LogP contribution in [-0.2, 0) is 9.53 Å². The van der Waals surface area contributed by atoms with Crippen molar-refractivity contribution in [3.8, 4) is 0 Å². The molecule has 0 atom stereocenters. The van der Waals surface area contributed by atoms with Gasteiger partial charge in [-0.1, -0.05) is 0 Å². The monoisotopic (exact) mass is 320 g/mol. The third-order valence-corrected chi connectivity index (χ3v) is 4.11. The molecule has 0 aromatic carbocycles. The first-order chi connectivity index (χ1) is 10.8. The molecule has 7 nitrogen and oxygen atoms in total. The summed E-state index contributed by atoms with van der Waals surface area (Å²) in [4.78, 5) is 31.9. The van der Waals surface area contributed by atoms with Gasteiger partial charge in [0.15, 0.2) is 0 Å². The van der Waals surface area contributed by atoms with Gasteiger partial charge in [-0.3, -0.25) is 9.59 Å². The van der Waals surface area contributed by atoms with Gasteiger partial charge in [-0.15, -0.1) is 0 Å². The van der Waals surface area contributed by atoms with Crippen molar-refractivity contribution >= 4 is 17.6 Å². The number of rotatable bonds is 5. The number of aromatic nitrogens is 1. The minimum atomic E-state index is -0.492. The van der Waals surface area contributed by atoms with Crippen molar-refractivity contribution in [1.29, 1.82) is 0 Å². The van der Waals surface area contributed by atoms with Crippen molar-refractivity contribution in [2.75, 3.05) is 38.2 Å². The molecule has 2 heterocycles. The Morgan fingerprint density at radius 2 is 1.96 bits per heavy atom. The molecule has 23 heavy (non-hydrogen) atoms. The van der Waals surface area contributed by atoms with Crippen molar-refractivity contribution in [1.82, 2.24) is 9.88 Å². The third-order valence-electron chi connectivity index (χ3n) is 4.11. The van der Waals surface area contributed by atoms with Crippen molar-refractivity contribution in [2.45, 2.75) is 25.9 Å². The molecule has 0 radical (unpaired) electrons. The summed E-state index contributed by atoms with van der Waals surface area (Å²) in [5, 5.41) is 0. The van der Waals surface area contributed by atoms with Crippen LogP contribution in [0.5, 0.6) is 0 Å². The summed E-state index contributed by atoms with van der Waals surface area (Å²) in [6.07, 6.45) is 1.99. The maximum atomic E-state index is 12.3. The predicted octanol–water partition coefficient (Wildman–Crippen LogP) is 0.644. The minimum Gasteiger partial charge on any atom is -0.378 e. The molecule has 2 rings (SSSR count). The summed E-state index contributed by atoms with van der Waals surface area (Å²) < 4.78 is 5.31. The zero-order chi connectivity index (χ0) is 17.0. The van der Waals surface area contributed by atoms with Gasteiger partial charge in [0.05, 0.1) is 17.6 Å². The van der Waals surface area contributed by atoms with E-state index >= 15 is 0 Å². The van der Waals surface area contributed by atoms with Gasteiger partial charge in [-0.2, -0.15) is 0 Å². The van der Waals surface area contributed by atoms with E-state index in [1.165, 1.54) is 0 Å². The topological polar surface area (TPSA) is 88.8 Å². The fraction of sp³-hybridized carbons (Fsp3) is 0.562. The van der Waals surface area contributed by atoms with Gasteiger partial charge in [0.1, 0.15) is 5.82 Å². The van der Waals surface area contributed by atoms with Crippen LogP contribution in [0.2, 0.25) is 0 Å². The normalized spacial score (nSPS) is 15.6. The molecule has 7 heteroatoms. The number of amides is 2. The Kier molecular flexibility index (Phi) is 5.20. The number of carbonyl (C=O) groups excluding carboxylic acids is 2. The van der Waals surface area contributed by atoms with Crippen molar-refractivity contribution in [2.24, 2.45) is 5.73 Å². The molecular formula is C16H24N4O3. The standard InChI is InChI=1S/C16H24N4O3/c1-16(2,23-3)11-13(21)19-7-9-20(10-8-19)15-12(14(17)22)5-4-6-18-15/h4-6H,7-11H2,1-3H3,(H2,17,22). The van der Waals surface area contributed by atoms with Crippen LogP contribution in [0.25, 0.3) is 0 Å². The molecule has 0 unspecified atom stereocenters. The Morgan fingerprint density at radius 3 is 2.52 bits per heavy atom. The first-order valence-electron chi connectivity index (χ1n) is 7.67. The van der Waals surface area contributed by atoms with E-state index in [4.69, 9.17) is 10.5 Å². The Labute approximate surface area is 136 Å². The van der Waals surface area contributed by atoms with Crippen molar-refractivity contribution in [3.05, 3.63) is 23.9 Å². The second-order valence-electron chi connectivity index (χ2n) is 6.25. The minimum absolute atomic E-state index is 0.0765. The molecule has 1 aromatic rings. The number of hydrogen-bond donors (Lipinski definition) is 1. The zero-order valence-electron chi connectivity index (χ0n) is 13.9. The SMILES string of the molecule is COC(C)(C)CC(=O)N1CCN(c2ncccc2C(N)=O)CC1. The van der Waals surface area contributed by atoms with Crippen LogP contribution in [0.15, 0.2) is 18.3 Å². The van der Waals surface area contributed by atoms with E-state index in [2.05, 4.69) is 4.98 Å². The quantitative estimate of drug-likeness (QED) is 0.860. The molecule has 0 saturated carbocycles. The average molecular weight is 320 g/mol. The number of primary amides is 1. The Hall–Kier alpha value is -2.15. The van der Waals surface area contributed by atoms with Gasteiger partial charge in [0.2, 0.25) is 5.91 Å². The van der Waals surface area contributed by atoms with Gasteiger partial charge in [-0.25, -0.2) is 4.98 Å². The van der Waals surface area contributed by atoms with Crippen LogP contribution in [0.1, 0.15) is 30.6 Å². The zero-order valence-corrected chi connectivity index (χ0v) is 13.9. The molecular weight excluding hydrogens is 296 g/mol. The van der Waals surface area contributed by atoms with Gasteiger partial charge in [0, 0.05) is 39.5 Å². The van der Waals surface area contributed by atoms with Crippen LogP contribution in [-0.4, -0.2) is 60.6 Å². The predicted molar refractivity (Wildman–Crippen MR) is 87.3 cm³/mol. The van der Waals surface area contributed by atoms with E-state index < -0.39 is 11.5 Å². The van der Waals surface area contributed by atoms with Crippen LogP contribution in [0.4, 0.5) is 5.82 Å². The molecule has 1 aliphatic rings. The summed E-state index contributed by atoms with van der Waals surface area (Å²) in [5.41, 5.74) is 5.34. The molecule has 2 N–H and O–H groups in total. The number of ether oxygens (including phenoxy) is 1. The molecule has 0 bridgehead atoms. The molecule has 0 aliphatic carbocycles. The number of anilines is 1. The van der Waals surface area contributed by atoms with Crippen LogP contribution >= 0.6 is 0 Å². The maximum Gasteiger partial charge on any atom is 0.252 e. The highest BCUT2D eigenvalue weighted by Gasteiger charge is 2.28. The lowest BCUT2D eigenvalue weighted by molar-refractivity contribution is -0.136. The van der Waals surface area contributed by atoms with Gasteiger partial charge >= 0.3 is 0 Å². The Bertz CT molecular complexity index is 580. The molecule has 1 saturated heterocycles. The van der Waals surface area contributed by atoms with Crippen molar-refractivity contribution < 1.29 is 14.3 Å². The van der Waals surface area contributed by atoms with E-state index in [0.717, 1.165) is 0 Å². The van der Waals surface area contributed by atoms with E-state index in [-0.39, 0.29) is 5.91 Å². The fourth-order valence-electron chi connectivity index (χ4n) is 2.56. The number of hydrogen-bond acceptors (Lipinski definition) is 5. The maximum absolute atomic E-state index is 12.3. The highest BCUT2D eigenvalue weighted by molar-refractivity contribution is 5.97. The molecule has 2 amide bonds. The number of nitrogens with two attached hydrogens (primary N) is 1. The largest absolute Gasteiger partial charge is 0.378 e. The lowest BCUT2D eigenvalue weighted by Crippen LogP contribution is -2.50. The number of methoxy groups -OCH3 is 1. The number of nitrogens with zero attached hydrogens (tertiary/aromatic N) is 3. The second-order valence-corrected chi connectivity index (χ2v) is 6.25. The highest BCUT2D eigenvalue weighted by Crippen LogP contribution is 2.20. The third kappa shape index (κ3) is 4.19. The lowest BCUT2D eigenvalue weighted by atomic mass is 10.0. The number of piperazine rings is 1. The Balaban J connectivity index is 1.99. The van der Waals surface area contributed by atoms with Crippen LogP contribution in [0.3, 0.4) is 0 Å². The molecule has 126 valence electrons. The van der Waals surface area contributed by atoms with Crippen LogP contribution in [0, 0.1) is 0 Å². The molecule has 0 spiro atoms. The van der Waals surface area contributed by atoms with E-state index in [1.54, 1.807) is 25.4 Å². The first-order valence-corrected chi connectivity index (χ1v) is 7.67. The Morgan fingerprint density at radius 1 is 1.30 bits per heavy atom. The van der Waals surface area contributed by atoms with Gasteiger partial charge in [-0.05, 0) is 26.0 Å². The first kappa shape index (κ1) is 17.2. The second kappa shape index (κ2) is 6.95. The van der Waals surface area contributed by atoms with E-state index in [9.17, 15) is 9.59 Å². The number of carbonyl (C=O) groups is 2. The van der Waals surface area contributed by atoms with Crippen molar-refractivity contribution in [3.63, 3.8) is 0 Å². The lowest BCUT2D eigenvalue weighted by Gasteiger charge is -2.37. The average Bonchev–Trinajstić information content (AvgIpc) is 2.54. The summed E-state index contributed by atoms with van der Waals surface area (Å²) in [5.74, 6) is 0.172. The fourth-order valence-corrected chi connectivity index (χ4v) is 2.56. The summed E-state index contributed by atoms with van der Waals surface area (Å²) in [7, 11) is 1.61. The van der Waals surface area contributed by atoms with Crippen LogP contribution < -0.4 is 10.6 Å². The summed E-state index contributed by atoms with van der Waals surface area (Å²) in [6.45, 7) is 6.22. The molecule has 1 aliphatic heterocycles.